The van der Waals surface area contributed by atoms with Gasteiger partial charge in [-0.1, -0.05) is 13.0 Å². The molecule has 0 spiro atoms. The van der Waals surface area contributed by atoms with Crippen LogP contribution in [0.4, 0.5) is 23.4 Å². The molecule has 0 saturated carbocycles. The Balaban J connectivity index is 1.61. The number of ether oxygens (including phenoxy) is 1. The van der Waals surface area contributed by atoms with E-state index in [0.29, 0.717) is 42.9 Å². The first kappa shape index (κ1) is 25.4. The van der Waals surface area contributed by atoms with E-state index >= 15 is 0 Å². The van der Waals surface area contributed by atoms with Crippen molar-refractivity contribution in [2.45, 2.75) is 38.7 Å². The maximum absolute atomic E-state index is 14.8. The number of hydrogen-bond acceptors (Lipinski definition) is 7. The number of nitrogens with zero attached hydrogens (tertiary/aromatic N) is 6. The molecule has 2 aromatic heterocycles. The summed E-state index contributed by atoms with van der Waals surface area (Å²) >= 11 is 0. The van der Waals surface area contributed by atoms with Gasteiger partial charge in [-0.25, -0.2) is 14.2 Å². The van der Waals surface area contributed by atoms with Gasteiger partial charge in [-0.05, 0) is 31.5 Å². The molecule has 1 fully saturated rings. The summed E-state index contributed by atoms with van der Waals surface area (Å²) in [5, 5.41) is 9.29. The molecule has 1 aliphatic heterocycles. The zero-order chi connectivity index (χ0) is 26.2. The zero-order valence-corrected chi connectivity index (χ0v) is 19.9. The first-order valence-electron chi connectivity index (χ1n) is 11.4. The molecule has 8 nitrogen and oxygen atoms in total. The van der Waals surface area contributed by atoms with Gasteiger partial charge in [0.2, 0.25) is 0 Å². The number of anilines is 1. The van der Waals surface area contributed by atoms with Gasteiger partial charge >= 0.3 is 12.1 Å². The third-order valence-electron chi connectivity index (χ3n) is 6.50. The summed E-state index contributed by atoms with van der Waals surface area (Å²) in [6, 6.07) is 7.87. The molecule has 0 bridgehead atoms. The summed E-state index contributed by atoms with van der Waals surface area (Å²) in [5.74, 6) is -1.01. The summed E-state index contributed by atoms with van der Waals surface area (Å²) < 4.78 is 57.4. The van der Waals surface area contributed by atoms with E-state index in [-0.39, 0.29) is 17.3 Å². The highest BCUT2D eigenvalue weighted by Gasteiger charge is 2.34. The fourth-order valence-corrected chi connectivity index (χ4v) is 4.65. The summed E-state index contributed by atoms with van der Waals surface area (Å²) in [6.45, 7) is 5.17. The molecule has 12 heteroatoms. The standard InChI is InChI=1S/C24H24F4N6O2/c1-4-16-13-33(22-21-20(32(3)23(35)31-22)8-5-15(12-29)30-21)9-10-34(16)14(2)18-7-6-17(11-19(18)25)36-24(26,27)28/h5-8,11,14,16H,4,9-10,13H2,1-3H3. The molecule has 3 aromatic rings. The van der Waals surface area contributed by atoms with Crippen molar-refractivity contribution in [1.82, 2.24) is 19.4 Å². The molecule has 2 atom stereocenters. The van der Waals surface area contributed by atoms with E-state index in [1.165, 1.54) is 10.6 Å². The van der Waals surface area contributed by atoms with Crippen molar-refractivity contribution < 1.29 is 22.3 Å². The Morgan fingerprint density at radius 3 is 2.61 bits per heavy atom. The molecule has 2 unspecified atom stereocenters. The molecule has 0 amide bonds. The molecule has 1 aliphatic rings. The van der Waals surface area contributed by atoms with Crippen molar-refractivity contribution in [3.05, 3.63) is 57.9 Å². The monoisotopic (exact) mass is 504 g/mol. The second kappa shape index (κ2) is 9.73. The quantitative estimate of drug-likeness (QED) is 0.487. The summed E-state index contributed by atoms with van der Waals surface area (Å²) in [4.78, 5) is 25.1. The normalized spacial score (nSPS) is 17.7. The number of piperazine rings is 1. The molecule has 36 heavy (non-hydrogen) atoms. The van der Waals surface area contributed by atoms with Crippen LogP contribution >= 0.6 is 0 Å². The number of halogens is 4. The van der Waals surface area contributed by atoms with Gasteiger partial charge < -0.3 is 9.64 Å². The van der Waals surface area contributed by atoms with E-state index in [4.69, 9.17) is 0 Å². The highest BCUT2D eigenvalue weighted by Crippen LogP contribution is 2.33. The smallest absolute Gasteiger partial charge is 0.406 e. The number of aromatic nitrogens is 3. The first-order chi connectivity index (χ1) is 17.0. The van der Waals surface area contributed by atoms with Gasteiger partial charge in [-0.2, -0.15) is 10.2 Å². The fraction of sp³-hybridized carbons (Fsp3) is 0.417. The van der Waals surface area contributed by atoms with E-state index in [9.17, 15) is 27.6 Å². The van der Waals surface area contributed by atoms with E-state index < -0.39 is 29.7 Å². The van der Waals surface area contributed by atoms with Crippen LogP contribution in [0.5, 0.6) is 5.75 Å². The van der Waals surface area contributed by atoms with Crippen LogP contribution in [0.25, 0.3) is 11.0 Å². The van der Waals surface area contributed by atoms with Crippen LogP contribution in [-0.4, -0.2) is 51.5 Å². The maximum atomic E-state index is 14.8. The summed E-state index contributed by atoms with van der Waals surface area (Å²) in [5.41, 5.74) is 1.01. The van der Waals surface area contributed by atoms with Gasteiger partial charge in [-0.15, -0.1) is 13.2 Å². The molecular weight excluding hydrogens is 480 g/mol. The van der Waals surface area contributed by atoms with Gasteiger partial charge in [0.05, 0.1) is 5.52 Å². The SMILES string of the molecule is CCC1CN(c2nc(=O)n(C)c3ccc(C#N)nc23)CCN1C(C)c1ccc(OC(F)(F)F)cc1F. The number of pyridine rings is 1. The van der Waals surface area contributed by atoms with Crippen LogP contribution in [-0.2, 0) is 7.05 Å². The molecule has 3 heterocycles. The van der Waals surface area contributed by atoms with E-state index in [1.807, 2.05) is 17.9 Å². The molecule has 0 radical (unpaired) electrons. The third-order valence-corrected chi connectivity index (χ3v) is 6.50. The van der Waals surface area contributed by atoms with Crippen LogP contribution < -0.4 is 15.3 Å². The number of alkyl halides is 3. The van der Waals surface area contributed by atoms with E-state index in [0.717, 1.165) is 12.1 Å². The minimum absolute atomic E-state index is 0.0701. The third kappa shape index (κ3) is 4.97. The van der Waals surface area contributed by atoms with Crippen molar-refractivity contribution in [2.24, 2.45) is 7.05 Å². The predicted molar refractivity (Wildman–Crippen MR) is 124 cm³/mol. The lowest BCUT2D eigenvalue weighted by Gasteiger charge is -2.44. The lowest BCUT2D eigenvalue weighted by molar-refractivity contribution is -0.274. The van der Waals surface area contributed by atoms with Crippen LogP contribution in [0.15, 0.2) is 35.1 Å². The Kier molecular flexibility index (Phi) is 6.86. The van der Waals surface area contributed by atoms with Gasteiger partial charge in [0, 0.05) is 50.4 Å². The van der Waals surface area contributed by atoms with E-state index in [1.54, 1.807) is 26.1 Å². The number of benzene rings is 1. The molecule has 4 rings (SSSR count). The van der Waals surface area contributed by atoms with Crippen LogP contribution in [0.2, 0.25) is 0 Å². The highest BCUT2D eigenvalue weighted by molar-refractivity contribution is 5.86. The Hall–Kier alpha value is -3.72. The Bertz CT molecular complexity index is 1380. The number of rotatable bonds is 5. The minimum atomic E-state index is -4.90. The first-order valence-corrected chi connectivity index (χ1v) is 11.4. The summed E-state index contributed by atoms with van der Waals surface area (Å²) in [6.07, 6.45) is -4.21. The van der Waals surface area contributed by atoms with Gasteiger partial charge in [0.25, 0.3) is 0 Å². The number of aryl methyl sites for hydroxylation is 1. The number of nitriles is 1. The van der Waals surface area contributed by atoms with Crippen LogP contribution in [0.1, 0.15) is 37.6 Å². The molecule has 190 valence electrons. The molecule has 1 aromatic carbocycles. The van der Waals surface area contributed by atoms with Gasteiger partial charge in [0.15, 0.2) is 5.82 Å². The zero-order valence-electron chi connectivity index (χ0n) is 19.9. The topological polar surface area (TPSA) is 87.3 Å². The van der Waals surface area contributed by atoms with Crippen molar-refractivity contribution in [2.75, 3.05) is 24.5 Å². The maximum Gasteiger partial charge on any atom is 0.573 e. The van der Waals surface area contributed by atoms with Gasteiger partial charge in [-0.3, -0.25) is 9.47 Å². The predicted octanol–water partition coefficient (Wildman–Crippen LogP) is 3.90. The second-order valence-corrected chi connectivity index (χ2v) is 8.61. The number of hydrogen-bond donors (Lipinski definition) is 0. The van der Waals surface area contributed by atoms with Crippen LogP contribution in [0, 0.1) is 17.1 Å². The van der Waals surface area contributed by atoms with Crippen molar-refractivity contribution in [3.63, 3.8) is 0 Å². The van der Waals surface area contributed by atoms with Crippen molar-refractivity contribution in [3.8, 4) is 11.8 Å². The second-order valence-electron chi connectivity index (χ2n) is 8.61. The number of fused-ring (bicyclic) bond motifs is 1. The Morgan fingerprint density at radius 2 is 1.97 bits per heavy atom. The summed E-state index contributed by atoms with van der Waals surface area (Å²) in [7, 11) is 1.59. The van der Waals surface area contributed by atoms with Crippen LogP contribution in [0.3, 0.4) is 0 Å². The largest absolute Gasteiger partial charge is 0.573 e. The molecule has 0 aliphatic carbocycles. The molecular formula is C24H24F4N6O2. The molecule has 1 saturated heterocycles. The minimum Gasteiger partial charge on any atom is -0.406 e. The highest BCUT2D eigenvalue weighted by atomic mass is 19.4. The van der Waals surface area contributed by atoms with Crippen molar-refractivity contribution in [1.29, 1.82) is 5.26 Å². The van der Waals surface area contributed by atoms with Crippen molar-refractivity contribution >= 4 is 16.9 Å². The average Bonchev–Trinajstić information content (AvgIpc) is 2.84. The van der Waals surface area contributed by atoms with E-state index in [2.05, 4.69) is 19.6 Å². The lowest BCUT2D eigenvalue weighted by atomic mass is 10.0. The molecule has 0 N–H and O–H groups in total. The lowest BCUT2D eigenvalue weighted by Crippen LogP contribution is -2.54. The Morgan fingerprint density at radius 1 is 1.22 bits per heavy atom. The average molecular weight is 504 g/mol. The van der Waals surface area contributed by atoms with Gasteiger partial charge in [0.1, 0.15) is 28.8 Å². The fourth-order valence-electron chi connectivity index (χ4n) is 4.65. The Labute approximate surface area is 204 Å².